The van der Waals surface area contributed by atoms with Gasteiger partial charge in [-0.15, -0.1) is 0 Å². The maximum absolute atomic E-state index is 11.8. The first-order valence-electron chi connectivity index (χ1n) is 8.94. The quantitative estimate of drug-likeness (QED) is 0.661. The summed E-state index contributed by atoms with van der Waals surface area (Å²) in [7, 11) is 1.62. The van der Waals surface area contributed by atoms with E-state index in [0.717, 1.165) is 34.0 Å². The number of esters is 1. The average Bonchev–Trinajstić information content (AvgIpc) is 3.30. The number of aliphatic carboxylic acids is 1. The van der Waals surface area contributed by atoms with Crippen LogP contribution in [0.1, 0.15) is 28.0 Å². The highest BCUT2D eigenvalue weighted by atomic mass is 16.5. The minimum absolute atomic E-state index is 0.0403. The smallest absolute Gasteiger partial charge is 0.338 e. The zero-order chi connectivity index (χ0) is 19.7. The van der Waals surface area contributed by atoms with Crippen molar-refractivity contribution in [1.29, 1.82) is 0 Å². The van der Waals surface area contributed by atoms with Crippen LogP contribution in [0.4, 0.5) is 0 Å². The summed E-state index contributed by atoms with van der Waals surface area (Å²) in [4.78, 5) is 22.8. The fraction of sp³-hybridized carbons (Fsp3) is 0.182. The topological polar surface area (TPSA) is 77.8 Å². The number of hydrogen-bond acceptors (Lipinski definition) is 4. The van der Waals surface area contributed by atoms with E-state index < -0.39 is 5.97 Å². The SMILES string of the molecule is COc1ccc(-c2ccc(CCC(=O)O)n2-c2ccc3c(c2)COC3=O)cc1. The van der Waals surface area contributed by atoms with Gasteiger partial charge in [0.15, 0.2) is 0 Å². The molecule has 6 heteroatoms. The van der Waals surface area contributed by atoms with Gasteiger partial charge in [-0.2, -0.15) is 0 Å². The highest BCUT2D eigenvalue weighted by Crippen LogP contribution is 2.31. The van der Waals surface area contributed by atoms with E-state index in [0.29, 0.717) is 12.0 Å². The molecule has 0 fully saturated rings. The number of fused-ring (bicyclic) bond motifs is 1. The van der Waals surface area contributed by atoms with Gasteiger partial charge in [-0.1, -0.05) is 0 Å². The van der Waals surface area contributed by atoms with Gasteiger partial charge >= 0.3 is 11.9 Å². The molecular formula is C22H19NO5. The Balaban J connectivity index is 1.81. The van der Waals surface area contributed by atoms with E-state index in [9.17, 15) is 9.59 Å². The summed E-state index contributed by atoms with van der Waals surface area (Å²) in [5, 5.41) is 9.10. The number of aromatic nitrogens is 1. The first kappa shape index (κ1) is 17.9. The predicted molar refractivity (Wildman–Crippen MR) is 103 cm³/mol. The van der Waals surface area contributed by atoms with Crippen molar-refractivity contribution >= 4 is 11.9 Å². The molecule has 2 heterocycles. The van der Waals surface area contributed by atoms with Crippen LogP contribution in [-0.2, 0) is 22.6 Å². The second-order valence-corrected chi connectivity index (χ2v) is 6.59. The fourth-order valence-electron chi connectivity index (χ4n) is 3.46. The summed E-state index contributed by atoms with van der Waals surface area (Å²) < 4.78 is 12.4. The molecule has 0 saturated carbocycles. The molecule has 1 N–H and O–H groups in total. The lowest BCUT2D eigenvalue weighted by Gasteiger charge is -2.15. The molecule has 0 bridgehead atoms. The zero-order valence-corrected chi connectivity index (χ0v) is 15.3. The van der Waals surface area contributed by atoms with E-state index in [4.69, 9.17) is 14.6 Å². The van der Waals surface area contributed by atoms with E-state index >= 15 is 0 Å². The fourth-order valence-corrected chi connectivity index (χ4v) is 3.46. The van der Waals surface area contributed by atoms with Gasteiger partial charge in [0.2, 0.25) is 0 Å². The van der Waals surface area contributed by atoms with Crippen molar-refractivity contribution in [2.24, 2.45) is 0 Å². The van der Waals surface area contributed by atoms with E-state index in [1.165, 1.54) is 0 Å². The highest BCUT2D eigenvalue weighted by Gasteiger charge is 2.22. The number of carbonyl (C=O) groups excluding carboxylic acids is 1. The van der Waals surface area contributed by atoms with Gasteiger partial charge in [0.25, 0.3) is 0 Å². The number of nitrogens with zero attached hydrogens (tertiary/aromatic N) is 1. The summed E-state index contributed by atoms with van der Waals surface area (Å²) in [6, 6.07) is 17.2. The summed E-state index contributed by atoms with van der Waals surface area (Å²) in [5.74, 6) is -0.386. The molecule has 0 saturated heterocycles. The van der Waals surface area contributed by atoms with Crippen LogP contribution < -0.4 is 4.74 Å². The van der Waals surface area contributed by atoms with Gasteiger partial charge in [-0.3, -0.25) is 4.79 Å². The molecule has 0 amide bonds. The summed E-state index contributed by atoms with van der Waals surface area (Å²) in [6.07, 6.45) is 0.441. The molecule has 3 aromatic rings. The number of cyclic esters (lactones) is 1. The number of ether oxygens (including phenoxy) is 2. The Morgan fingerprint density at radius 3 is 2.64 bits per heavy atom. The number of carbonyl (C=O) groups is 2. The Morgan fingerprint density at radius 2 is 1.93 bits per heavy atom. The summed E-state index contributed by atoms with van der Waals surface area (Å²) in [5.41, 5.74) is 5.09. The van der Waals surface area contributed by atoms with Crippen LogP contribution in [0.5, 0.6) is 5.75 Å². The summed E-state index contributed by atoms with van der Waals surface area (Å²) >= 11 is 0. The van der Waals surface area contributed by atoms with Crippen LogP contribution in [0.15, 0.2) is 54.6 Å². The van der Waals surface area contributed by atoms with Crippen molar-refractivity contribution in [2.45, 2.75) is 19.4 Å². The third-order valence-electron chi connectivity index (χ3n) is 4.87. The van der Waals surface area contributed by atoms with Gasteiger partial charge in [0.05, 0.1) is 24.8 Å². The number of hydrogen-bond donors (Lipinski definition) is 1. The highest BCUT2D eigenvalue weighted by molar-refractivity contribution is 5.93. The van der Waals surface area contributed by atoms with Crippen LogP contribution in [-0.4, -0.2) is 28.7 Å². The Bertz CT molecular complexity index is 1050. The predicted octanol–water partition coefficient (Wildman–Crippen LogP) is 3.84. The number of rotatable bonds is 6. The molecule has 0 atom stereocenters. The molecule has 1 aromatic heterocycles. The van der Waals surface area contributed by atoms with Crippen LogP contribution in [0, 0.1) is 0 Å². The van der Waals surface area contributed by atoms with Crippen LogP contribution in [0.2, 0.25) is 0 Å². The van der Waals surface area contributed by atoms with Gasteiger partial charge in [-0.25, -0.2) is 4.79 Å². The lowest BCUT2D eigenvalue weighted by molar-refractivity contribution is -0.136. The minimum Gasteiger partial charge on any atom is -0.497 e. The molecule has 1 aliphatic rings. The van der Waals surface area contributed by atoms with Crippen molar-refractivity contribution in [2.75, 3.05) is 7.11 Å². The van der Waals surface area contributed by atoms with Crippen LogP contribution >= 0.6 is 0 Å². The third kappa shape index (κ3) is 3.24. The second kappa shape index (κ2) is 7.23. The van der Waals surface area contributed by atoms with Gasteiger partial charge < -0.3 is 19.1 Å². The Morgan fingerprint density at radius 1 is 1.14 bits per heavy atom. The molecule has 6 nitrogen and oxygen atoms in total. The number of benzene rings is 2. The first-order chi connectivity index (χ1) is 13.6. The minimum atomic E-state index is -0.841. The van der Waals surface area contributed by atoms with Crippen molar-refractivity contribution in [1.82, 2.24) is 4.57 Å². The molecule has 4 rings (SSSR count). The average molecular weight is 377 g/mol. The van der Waals surface area contributed by atoms with Crippen LogP contribution in [0.25, 0.3) is 16.9 Å². The molecule has 0 radical (unpaired) electrons. The molecular weight excluding hydrogens is 358 g/mol. The molecule has 28 heavy (non-hydrogen) atoms. The van der Waals surface area contributed by atoms with Crippen molar-refractivity contribution in [3.05, 3.63) is 71.4 Å². The van der Waals surface area contributed by atoms with Crippen LogP contribution in [0.3, 0.4) is 0 Å². The molecule has 0 unspecified atom stereocenters. The van der Waals surface area contributed by atoms with E-state index in [1.54, 1.807) is 13.2 Å². The summed E-state index contributed by atoms with van der Waals surface area (Å²) in [6.45, 7) is 0.256. The van der Waals surface area contributed by atoms with E-state index in [1.807, 2.05) is 53.1 Å². The van der Waals surface area contributed by atoms with Crippen molar-refractivity contribution in [3.8, 4) is 22.7 Å². The molecule has 0 spiro atoms. The largest absolute Gasteiger partial charge is 0.497 e. The lowest BCUT2D eigenvalue weighted by Crippen LogP contribution is -2.06. The van der Waals surface area contributed by atoms with E-state index in [-0.39, 0.29) is 19.0 Å². The molecule has 1 aliphatic heterocycles. The second-order valence-electron chi connectivity index (χ2n) is 6.59. The molecule has 142 valence electrons. The Kier molecular flexibility index (Phi) is 4.61. The van der Waals surface area contributed by atoms with Crippen molar-refractivity contribution < 1.29 is 24.2 Å². The Labute approximate surface area is 161 Å². The van der Waals surface area contributed by atoms with Gasteiger partial charge in [-0.05, 0) is 66.6 Å². The van der Waals surface area contributed by atoms with Gasteiger partial charge in [0, 0.05) is 16.9 Å². The standard InChI is InChI=1S/C22H19NO5/c1-27-18-7-2-14(3-8-18)20-10-5-16(6-11-21(24)25)23(20)17-4-9-19-15(12-17)13-28-22(19)26/h2-5,7-10,12H,6,11,13H2,1H3,(H,24,25). The zero-order valence-electron chi connectivity index (χ0n) is 15.3. The van der Waals surface area contributed by atoms with Gasteiger partial charge in [0.1, 0.15) is 12.4 Å². The molecule has 0 aliphatic carbocycles. The number of methoxy groups -OCH3 is 1. The molecule has 2 aromatic carbocycles. The maximum Gasteiger partial charge on any atom is 0.338 e. The first-order valence-corrected chi connectivity index (χ1v) is 8.94. The Hall–Kier alpha value is -3.54. The van der Waals surface area contributed by atoms with Crippen molar-refractivity contribution in [3.63, 3.8) is 0 Å². The monoisotopic (exact) mass is 377 g/mol. The lowest BCUT2D eigenvalue weighted by atomic mass is 10.1. The maximum atomic E-state index is 11.8. The third-order valence-corrected chi connectivity index (χ3v) is 4.87. The normalized spacial score (nSPS) is 12.5. The number of carboxylic acid groups (broad SMARTS) is 1. The number of carboxylic acids is 1. The number of aryl methyl sites for hydroxylation is 1. The van der Waals surface area contributed by atoms with E-state index in [2.05, 4.69) is 0 Å².